The Morgan fingerprint density at radius 2 is 1.74 bits per heavy atom. The van der Waals surface area contributed by atoms with Crippen LogP contribution in [0.1, 0.15) is 16.7 Å². The number of hydrogen-bond donors (Lipinski definition) is 1. The molecule has 27 heavy (non-hydrogen) atoms. The normalized spacial score (nSPS) is 10.7. The van der Waals surface area contributed by atoms with Gasteiger partial charge in [0.2, 0.25) is 5.91 Å². The summed E-state index contributed by atoms with van der Waals surface area (Å²) in [6, 6.07) is 20.1. The smallest absolute Gasteiger partial charge is 0.244 e. The number of anilines is 2. The molecule has 0 fully saturated rings. The minimum atomic E-state index is -0.102. The highest BCUT2D eigenvalue weighted by Gasteiger charge is 2.04. The van der Waals surface area contributed by atoms with Gasteiger partial charge in [-0.3, -0.25) is 9.78 Å². The van der Waals surface area contributed by atoms with Crippen molar-refractivity contribution < 1.29 is 4.79 Å². The van der Waals surface area contributed by atoms with Crippen molar-refractivity contribution in [2.45, 2.75) is 13.5 Å². The number of carbonyl (C=O) groups is 1. The maximum absolute atomic E-state index is 12.0. The van der Waals surface area contributed by atoms with Crippen molar-refractivity contribution in [2.75, 3.05) is 11.9 Å². The number of pyridine rings is 1. The molecule has 0 atom stereocenters. The average Bonchev–Trinajstić information content (AvgIpc) is 2.71. The molecule has 136 valence electrons. The van der Waals surface area contributed by atoms with Crippen LogP contribution in [0.2, 0.25) is 0 Å². The molecule has 0 spiro atoms. The van der Waals surface area contributed by atoms with Gasteiger partial charge in [0.25, 0.3) is 0 Å². The summed E-state index contributed by atoms with van der Waals surface area (Å²) < 4.78 is 0. The van der Waals surface area contributed by atoms with Crippen molar-refractivity contribution >= 4 is 23.4 Å². The topological polar surface area (TPSA) is 45.2 Å². The lowest BCUT2D eigenvalue weighted by molar-refractivity contribution is -0.116. The number of amides is 1. The maximum atomic E-state index is 12.0. The highest BCUT2D eigenvalue weighted by atomic mass is 16.1. The number of aryl methyl sites for hydroxylation is 1. The molecule has 4 heteroatoms. The summed E-state index contributed by atoms with van der Waals surface area (Å²) in [5.41, 5.74) is 5.41. The fraction of sp³-hybridized carbons (Fsp3) is 0.130. The molecule has 0 aliphatic heterocycles. The molecule has 0 bridgehead atoms. The van der Waals surface area contributed by atoms with E-state index in [4.69, 9.17) is 0 Å². The number of aromatic nitrogens is 1. The zero-order chi connectivity index (χ0) is 19.1. The quantitative estimate of drug-likeness (QED) is 0.661. The highest BCUT2D eigenvalue weighted by Crippen LogP contribution is 2.22. The molecule has 1 N–H and O–H groups in total. The van der Waals surface area contributed by atoms with Crippen LogP contribution in [0.3, 0.4) is 0 Å². The maximum Gasteiger partial charge on any atom is 0.244 e. The Hall–Kier alpha value is -3.40. The Bertz CT molecular complexity index is 918. The third-order valence-electron chi connectivity index (χ3n) is 4.31. The minimum absolute atomic E-state index is 0.102. The van der Waals surface area contributed by atoms with Gasteiger partial charge in [0.05, 0.1) is 0 Å². The fourth-order valence-corrected chi connectivity index (χ4v) is 2.75. The Morgan fingerprint density at radius 3 is 2.44 bits per heavy atom. The molecular weight excluding hydrogens is 334 g/mol. The van der Waals surface area contributed by atoms with Gasteiger partial charge in [0.1, 0.15) is 0 Å². The number of nitrogens with one attached hydrogen (secondary N) is 1. The molecule has 3 aromatic rings. The van der Waals surface area contributed by atoms with Crippen LogP contribution < -0.4 is 10.2 Å². The molecule has 2 aromatic carbocycles. The zero-order valence-corrected chi connectivity index (χ0v) is 15.6. The van der Waals surface area contributed by atoms with Gasteiger partial charge < -0.3 is 10.2 Å². The summed E-state index contributed by atoms with van der Waals surface area (Å²) in [5, 5.41) is 2.92. The predicted octanol–water partition coefficient (Wildman–Crippen LogP) is 4.49. The lowest BCUT2D eigenvalue weighted by Crippen LogP contribution is -2.20. The van der Waals surface area contributed by atoms with Crippen LogP contribution in [-0.2, 0) is 11.3 Å². The predicted molar refractivity (Wildman–Crippen MR) is 111 cm³/mol. The zero-order valence-electron chi connectivity index (χ0n) is 15.6. The van der Waals surface area contributed by atoms with Crippen LogP contribution in [0.15, 0.2) is 79.1 Å². The van der Waals surface area contributed by atoms with Gasteiger partial charge >= 0.3 is 0 Å². The molecule has 0 aliphatic carbocycles. The van der Waals surface area contributed by atoms with Crippen molar-refractivity contribution in [1.29, 1.82) is 0 Å². The van der Waals surface area contributed by atoms with Gasteiger partial charge in [-0.2, -0.15) is 0 Å². The summed E-state index contributed by atoms with van der Waals surface area (Å²) in [4.78, 5) is 18.2. The van der Waals surface area contributed by atoms with E-state index in [0.29, 0.717) is 6.54 Å². The van der Waals surface area contributed by atoms with Crippen LogP contribution >= 0.6 is 0 Å². The molecule has 4 nitrogen and oxygen atoms in total. The van der Waals surface area contributed by atoms with Crippen LogP contribution in [0.4, 0.5) is 11.4 Å². The van der Waals surface area contributed by atoms with Gasteiger partial charge in [-0.25, -0.2) is 0 Å². The molecule has 0 unspecified atom stereocenters. The Balaban J connectivity index is 1.55. The number of rotatable bonds is 6. The average molecular weight is 357 g/mol. The standard InChI is InChI=1S/C23H23N3O/c1-18-4-3-5-19(16-18)8-11-23(27)25-17-20-6-9-21(10-7-20)26(2)22-12-14-24-15-13-22/h3-16H,17H2,1-2H3,(H,25,27). The van der Waals surface area contributed by atoms with Crippen molar-refractivity contribution in [3.05, 3.63) is 95.8 Å². The minimum Gasteiger partial charge on any atom is -0.348 e. The number of hydrogen-bond acceptors (Lipinski definition) is 3. The first-order valence-electron chi connectivity index (χ1n) is 8.87. The third kappa shape index (κ3) is 5.28. The van der Waals surface area contributed by atoms with Crippen molar-refractivity contribution in [1.82, 2.24) is 10.3 Å². The molecule has 1 heterocycles. The lowest BCUT2D eigenvalue weighted by Gasteiger charge is -2.19. The van der Waals surface area contributed by atoms with E-state index in [-0.39, 0.29) is 5.91 Å². The first-order valence-corrected chi connectivity index (χ1v) is 8.87. The molecule has 1 amide bonds. The van der Waals surface area contributed by atoms with E-state index in [1.165, 1.54) is 5.56 Å². The summed E-state index contributed by atoms with van der Waals surface area (Å²) in [5.74, 6) is -0.102. The van der Waals surface area contributed by atoms with Crippen LogP contribution in [0.5, 0.6) is 0 Å². The first-order chi connectivity index (χ1) is 13.1. The van der Waals surface area contributed by atoms with Gasteiger partial charge in [-0.05, 0) is 48.4 Å². The summed E-state index contributed by atoms with van der Waals surface area (Å²) >= 11 is 0. The van der Waals surface area contributed by atoms with Crippen LogP contribution in [-0.4, -0.2) is 17.9 Å². The first kappa shape index (κ1) is 18.4. The van der Waals surface area contributed by atoms with Crippen molar-refractivity contribution in [3.8, 4) is 0 Å². The van der Waals surface area contributed by atoms with E-state index < -0.39 is 0 Å². The van der Waals surface area contributed by atoms with Crippen molar-refractivity contribution in [3.63, 3.8) is 0 Å². The second kappa shape index (κ2) is 8.81. The van der Waals surface area contributed by atoms with E-state index >= 15 is 0 Å². The van der Waals surface area contributed by atoms with Gasteiger partial charge in [0, 0.05) is 43.4 Å². The second-order valence-electron chi connectivity index (χ2n) is 6.40. The van der Waals surface area contributed by atoms with E-state index in [1.54, 1.807) is 18.5 Å². The molecule has 0 saturated heterocycles. The van der Waals surface area contributed by atoms with E-state index in [9.17, 15) is 4.79 Å². The Labute approximate surface area is 160 Å². The van der Waals surface area contributed by atoms with Crippen molar-refractivity contribution in [2.24, 2.45) is 0 Å². The molecule has 3 rings (SSSR count). The fourth-order valence-electron chi connectivity index (χ4n) is 2.75. The second-order valence-corrected chi connectivity index (χ2v) is 6.40. The number of nitrogens with zero attached hydrogens (tertiary/aromatic N) is 2. The summed E-state index contributed by atoms with van der Waals surface area (Å²) in [6.07, 6.45) is 6.95. The largest absolute Gasteiger partial charge is 0.348 e. The van der Waals surface area contributed by atoms with Crippen LogP contribution in [0, 0.1) is 6.92 Å². The monoisotopic (exact) mass is 357 g/mol. The van der Waals surface area contributed by atoms with E-state index in [0.717, 1.165) is 22.5 Å². The SMILES string of the molecule is Cc1cccc(C=CC(=O)NCc2ccc(N(C)c3ccncc3)cc2)c1. The highest BCUT2D eigenvalue weighted by molar-refractivity contribution is 5.91. The molecule has 0 saturated carbocycles. The van der Waals surface area contributed by atoms with Gasteiger partial charge in [-0.15, -0.1) is 0 Å². The molecule has 0 aliphatic rings. The van der Waals surface area contributed by atoms with Gasteiger partial charge in [0.15, 0.2) is 0 Å². The number of benzene rings is 2. The summed E-state index contributed by atoms with van der Waals surface area (Å²) in [6.45, 7) is 2.53. The lowest BCUT2D eigenvalue weighted by atomic mass is 10.1. The molecular formula is C23H23N3O. The third-order valence-corrected chi connectivity index (χ3v) is 4.31. The van der Waals surface area contributed by atoms with E-state index in [1.807, 2.05) is 80.7 Å². The van der Waals surface area contributed by atoms with Gasteiger partial charge in [-0.1, -0.05) is 42.0 Å². The van der Waals surface area contributed by atoms with E-state index in [2.05, 4.69) is 15.2 Å². The van der Waals surface area contributed by atoms with Crippen LogP contribution in [0.25, 0.3) is 6.08 Å². The Morgan fingerprint density at radius 1 is 1.04 bits per heavy atom. The summed E-state index contributed by atoms with van der Waals surface area (Å²) in [7, 11) is 2.02. The number of carbonyl (C=O) groups excluding carboxylic acids is 1. The Kier molecular flexibility index (Phi) is 6.00. The molecule has 1 aromatic heterocycles. The molecule has 0 radical (unpaired) electrons.